The summed E-state index contributed by atoms with van der Waals surface area (Å²) in [7, 11) is 0. The maximum atomic E-state index is 11.5. The third-order valence-corrected chi connectivity index (χ3v) is 2.89. The van der Waals surface area contributed by atoms with Gasteiger partial charge in [-0.05, 0) is 19.4 Å². The number of nitrogens with one attached hydrogen (secondary N) is 1. The summed E-state index contributed by atoms with van der Waals surface area (Å²) in [5.74, 6) is -3.34. The van der Waals surface area contributed by atoms with Crippen molar-refractivity contribution in [1.29, 1.82) is 0 Å². The molecule has 21 heavy (non-hydrogen) atoms. The second-order valence-corrected chi connectivity index (χ2v) is 4.56. The van der Waals surface area contributed by atoms with Crippen molar-refractivity contribution in [1.82, 2.24) is 5.32 Å². The van der Waals surface area contributed by atoms with Gasteiger partial charge in [0.05, 0.1) is 6.42 Å². The fraction of sp³-hybridized carbons (Fsp3) is 0.267. The molecule has 6 nitrogen and oxygen atoms in total. The Morgan fingerprint density at radius 3 is 2.14 bits per heavy atom. The molecule has 0 heterocycles. The Labute approximate surface area is 122 Å². The van der Waals surface area contributed by atoms with Crippen LogP contribution in [0.15, 0.2) is 41.6 Å². The molecule has 0 spiro atoms. The Hall–Kier alpha value is -2.63. The standard InChI is InChI=1S/C15H17NO5/c1-9(11-6-4-3-5-7-11)16-12(8-13(18)19)14(10(2)17)15(20)21/h3-7,9,16H,8H2,1-2H3,(H,18,19)(H,20,21). The Kier molecular flexibility index (Phi) is 5.66. The van der Waals surface area contributed by atoms with Crippen molar-refractivity contribution in [2.24, 2.45) is 0 Å². The zero-order chi connectivity index (χ0) is 16.0. The number of benzene rings is 1. The first kappa shape index (κ1) is 16.4. The van der Waals surface area contributed by atoms with Gasteiger partial charge < -0.3 is 15.5 Å². The van der Waals surface area contributed by atoms with Gasteiger partial charge in [-0.1, -0.05) is 30.3 Å². The maximum Gasteiger partial charge on any atom is 0.341 e. The van der Waals surface area contributed by atoms with Crippen molar-refractivity contribution in [2.75, 3.05) is 0 Å². The van der Waals surface area contributed by atoms with E-state index in [9.17, 15) is 14.4 Å². The van der Waals surface area contributed by atoms with Crippen LogP contribution in [-0.4, -0.2) is 27.9 Å². The van der Waals surface area contributed by atoms with E-state index in [2.05, 4.69) is 5.32 Å². The quantitative estimate of drug-likeness (QED) is 0.401. The van der Waals surface area contributed by atoms with E-state index < -0.39 is 29.7 Å². The molecule has 6 heteroatoms. The summed E-state index contributed by atoms with van der Waals surface area (Å²) in [5.41, 5.74) is 0.229. The van der Waals surface area contributed by atoms with E-state index in [-0.39, 0.29) is 11.7 Å². The van der Waals surface area contributed by atoms with E-state index in [1.54, 1.807) is 6.92 Å². The lowest BCUT2D eigenvalue weighted by atomic mass is 10.0. The summed E-state index contributed by atoms with van der Waals surface area (Å²) >= 11 is 0. The number of rotatable bonds is 7. The highest BCUT2D eigenvalue weighted by molar-refractivity contribution is 6.16. The van der Waals surface area contributed by atoms with Gasteiger partial charge in [-0.25, -0.2) is 4.79 Å². The molecule has 0 aromatic heterocycles. The zero-order valence-electron chi connectivity index (χ0n) is 11.8. The lowest BCUT2D eigenvalue weighted by molar-refractivity contribution is -0.136. The maximum absolute atomic E-state index is 11.5. The van der Waals surface area contributed by atoms with Crippen LogP contribution in [0.4, 0.5) is 0 Å². The highest BCUT2D eigenvalue weighted by atomic mass is 16.4. The Bertz CT molecular complexity index is 561. The summed E-state index contributed by atoms with van der Waals surface area (Å²) in [5, 5.41) is 20.8. The van der Waals surface area contributed by atoms with Crippen molar-refractivity contribution >= 4 is 17.7 Å². The molecule has 3 N–H and O–H groups in total. The molecule has 1 aromatic rings. The van der Waals surface area contributed by atoms with Crippen molar-refractivity contribution in [2.45, 2.75) is 26.3 Å². The van der Waals surface area contributed by atoms with E-state index in [1.165, 1.54) is 0 Å². The van der Waals surface area contributed by atoms with Crippen molar-refractivity contribution in [3.05, 3.63) is 47.2 Å². The fourth-order valence-electron chi connectivity index (χ4n) is 1.94. The van der Waals surface area contributed by atoms with E-state index in [1.807, 2.05) is 30.3 Å². The molecule has 0 amide bonds. The first-order valence-electron chi connectivity index (χ1n) is 6.33. The van der Waals surface area contributed by atoms with E-state index in [0.717, 1.165) is 12.5 Å². The average Bonchev–Trinajstić information content (AvgIpc) is 2.37. The van der Waals surface area contributed by atoms with Gasteiger partial charge in [-0.2, -0.15) is 0 Å². The van der Waals surface area contributed by atoms with Gasteiger partial charge >= 0.3 is 11.9 Å². The number of Topliss-reactive ketones (excluding diaryl/α,β-unsaturated/α-hetero) is 1. The molecule has 0 fully saturated rings. The van der Waals surface area contributed by atoms with Crippen molar-refractivity contribution in [3.63, 3.8) is 0 Å². The van der Waals surface area contributed by atoms with Gasteiger partial charge in [0.25, 0.3) is 0 Å². The van der Waals surface area contributed by atoms with Crippen LogP contribution in [0, 0.1) is 0 Å². The summed E-state index contributed by atoms with van der Waals surface area (Å²) in [6.07, 6.45) is -0.557. The number of aliphatic carboxylic acids is 2. The lowest BCUT2D eigenvalue weighted by Crippen LogP contribution is -2.26. The average molecular weight is 291 g/mol. The third kappa shape index (κ3) is 4.76. The van der Waals surface area contributed by atoms with Crippen LogP contribution in [-0.2, 0) is 14.4 Å². The lowest BCUT2D eigenvalue weighted by Gasteiger charge is -2.19. The minimum absolute atomic E-state index is 0.0983. The normalized spacial score (nSPS) is 13.0. The molecule has 1 unspecified atom stereocenters. The molecular weight excluding hydrogens is 274 g/mol. The molecule has 0 bridgehead atoms. The van der Waals surface area contributed by atoms with Crippen LogP contribution in [0.5, 0.6) is 0 Å². The number of carboxylic acids is 2. The van der Waals surface area contributed by atoms with Crippen molar-refractivity contribution in [3.8, 4) is 0 Å². The van der Waals surface area contributed by atoms with Crippen LogP contribution in [0.25, 0.3) is 0 Å². The van der Waals surface area contributed by atoms with Crippen LogP contribution >= 0.6 is 0 Å². The smallest absolute Gasteiger partial charge is 0.341 e. The number of carboxylic acid groups (broad SMARTS) is 2. The van der Waals surface area contributed by atoms with Crippen LogP contribution in [0.2, 0.25) is 0 Å². The molecule has 0 aliphatic carbocycles. The Balaban J connectivity index is 3.14. The second kappa shape index (κ2) is 7.23. The third-order valence-electron chi connectivity index (χ3n) is 2.89. The van der Waals surface area contributed by atoms with Gasteiger partial charge in [0, 0.05) is 11.7 Å². The molecule has 0 aliphatic heterocycles. The van der Waals surface area contributed by atoms with E-state index in [0.29, 0.717) is 0 Å². The van der Waals surface area contributed by atoms with Gasteiger partial charge in [-0.3, -0.25) is 9.59 Å². The Morgan fingerprint density at radius 2 is 1.71 bits per heavy atom. The zero-order valence-corrected chi connectivity index (χ0v) is 11.8. The molecule has 0 saturated heterocycles. The number of carbonyl (C=O) groups is 3. The van der Waals surface area contributed by atoms with Crippen LogP contribution in [0.3, 0.4) is 0 Å². The van der Waals surface area contributed by atoms with Crippen LogP contribution < -0.4 is 5.32 Å². The number of hydrogen-bond donors (Lipinski definition) is 3. The van der Waals surface area contributed by atoms with Gasteiger partial charge in [0.1, 0.15) is 5.57 Å². The SMILES string of the molecule is CC(=O)C(C(=O)O)=C(CC(=O)O)NC(C)c1ccccc1. The molecular formula is C15H17NO5. The highest BCUT2D eigenvalue weighted by Crippen LogP contribution is 2.17. The summed E-state index contributed by atoms with van der Waals surface area (Å²) in [6.45, 7) is 2.86. The predicted molar refractivity (Wildman–Crippen MR) is 75.6 cm³/mol. The predicted octanol–water partition coefficient (Wildman–Crippen LogP) is 1.74. The first-order chi connectivity index (χ1) is 9.82. The van der Waals surface area contributed by atoms with Gasteiger partial charge in [-0.15, -0.1) is 0 Å². The van der Waals surface area contributed by atoms with Gasteiger partial charge in [0.2, 0.25) is 0 Å². The first-order valence-corrected chi connectivity index (χ1v) is 6.33. The largest absolute Gasteiger partial charge is 0.481 e. The summed E-state index contributed by atoms with van der Waals surface area (Å²) in [4.78, 5) is 33.5. The fourth-order valence-corrected chi connectivity index (χ4v) is 1.94. The number of carbonyl (C=O) groups excluding carboxylic acids is 1. The molecule has 1 rings (SSSR count). The van der Waals surface area contributed by atoms with Gasteiger partial charge in [0.15, 0.2) is 5.78 Å². The minimum Gasteiger partial charge on any atom is -0.481 e. The second-order valence-electron chi connectivity index (χ2n) is 4.56. The molecule has 112 valence electrons. The van der Waals surface area contributed by atoms with Crippen LogP contribution in [0.1, 0.15) is 31.9 Å². The molecule has 1 aromatic carbocycles. The number of hydrogen-bond acceptors (Lipinski definition) is 4. The van der Waals surface area contributed by atoms with E-state index in [4.69, 9.17) is 10.2 Å². The Morgan fingerprint density at radius 1 is 1.14 bits per heavy atom. The summed E-state index contributed by atoms with van der Waals surface area (Å²) in [6, 6.07) is 8.79. The molecule has 0 aliphatic rings. The minimum atomic E-state index is -1.44. The van der Waals surface area contributed by atoms with E-state index >= 15 is 0 Å². The summed E-state index contributed by atoms with van der Waals surface area (Å²) < 4.78 is 0. The molecule has 1 atom stereocenters. The topological polar surface area (TPSA) is 104 Å². The monoisotopic (exact) mass is 291 g/mol. The highest BCUT2D eigenvalue weighted by Gasteiger charge is 2.22. The molecule has 0 saturated carbocycles. The van der Waals surface area contributed by atoms with Crippen molar-refractivity contribution < 1.29 is 24.6 Å². The number of ketones is 1. The molecule has 0 radical (unpaired) electrons.